The molecule has 2 aliphatic rings. The molecule has 0 aliphatic carbocycles. The molecule has 1 aromatic heterocycles. The van der Waals surface area contributed by atoms with Gasteiger partial charge in [-0.3, -0.25) is 4.79 Å². The van der Waals surface area contributed by atoms with Crippen LogP contribution in [0.25, 0.3) is 0 Å². The first-order valence-electron chi connectivity index (χ1n) is 10.8. The molecule has 1 aromatic carbocycles. The predicted octanol–water partition coefficient (Wildman–Crippen LogP) is 2.32. The Morgan fingerprint density at radius 1 is 1.12 bits per heavy atom. The third-order valence-electron chi connectivity index (χ3n) is 6.25. The largest absolute Gasteiger partial charge is 0.356 e. The van der Waals surface area contributed by atoms with E-state index < -0.39 is 10.0 Å². The molecule has 168 valence electrons. The van der Waals surface area contributed by atoms with Gasteiger partial charge in [0.05, 0.1) is 27.8 Å². The third kappa shape index (κ3) is 3.96. The van der Waals surface area contributed by atoms with Crippen LogP contribution in [0.2, 0.25) is 0 Å². The zero-order chi connectivity index (χ0) is 23.0. The molecule has 32 heavy (non-hydrogen) atoms. The molecule has 2 aromatic rings. The number of aryl methyl sites for hydroxylation is 2. The van der Waals surface area contributed by atoms with E-state index in [1.165, 1.54) is 16.4 Å². The number of anilines is 1. The number of pyridine rings is 1. The van der Waals surface area contributed by atoms with Gasteiger partial charge in [0, 0.05) is 38.8 Å². The molecule has 8 nitrogen and oxygen atoms in total. The first kappa shape index (κ1) is 22.2. The van der Waals surface area contributed by atoms with E-state index in [1.54, 1.807) is 17.9 Å². The van der Waals surface area contributed by atoms with Crippen LogP contribution >= 0.6 is 0 Å². The lowest BCUT2D eigenvalue weighted by atomic mass is 10.1. The molecule has 1 amide bonds. The van der Waals surface area contributed by atoms with Gasteiger partial charge in [-0.05, 0) is 63.1 Å². The predicted molar refractivity (Wildman–Crippen MR) is 121 cm³/mol. The van der Waals surface area contributed by atoms with Crippen molar-refractivity contribution in [3.05, 3.63) is 52.7 Å². The van der Waals surface area contributed by atoms with Crippen LogP contribution in [-0.2, 0) is 10.0 Å². The number of nitrogens with zero attached hydrogens (tertiary/aromatic N) is 5. The Kier molecular flexibility index (Phi) is 5.93. The van der Waals surface area contributed by atoms with Crippen molar-refractivity contribution in [1.29, 1.82) is 5.26 Å². The van der Waals surface area contributed by atoms with Gasteiger partial charge in [0.25, 0.3) is 5.91 Å². The molecule has 0 saturated carbocycles. The van der Waals surface area contributed by atoms with E-state index in [4.69, 9.17) is 5.26 Å². The van der Waals surface area contributed by atoms with Crippen LogP contribution in [0, 0.1) is 25.2 Å². The molecule has 1 unspecified atom stereocenters. The van der Waals surface area contributed by atoms with Gasteiger partial charge in [0.1, 0.15) is 5.82 Å². The molecule has 9 heteroatoms. The Hall–Kier alpha value is -2.96. The fourth-order valence-electron chi connectivity index (χ4n) is 4.24. The number of benzene rings is 1. The van der Waals surface area contributed by atoms with Crippen molar-refractivity contribution in [2.24, 2.45) is 0 Å². The lowest BCUT2D eigenvalue weighted by molar-refractivity contribution is 0.0590. The van der Waals surface area contributed by atoms with E-state index in [9.17, 15) is 13.2 Å². The van der Waals surface area contributed by atoms with Gasteiger partial charge < -0.3 is 9.80 Å². The van der Waals surface area contributed by atoms with E-state index in [0.717, 1.165) is 25.3 Å². The smallest absolute Gasteiger partial charge is 0.256 e. The van der Waals surface area contributed by atoms with Crippen LogP contribution in [0.15, 0.2) is 35.2 Å². The summed E-state index contributed by atoms with van der Waals surface area (Å²) >= 11 is 0. The minimum atomic E-state index is -3.72. The van der Waals surface area contributed by atoms with Crippen molar-refractivity contribution in [3.8, 4) is 6.07 Å². The molecule has 0 radical (unpaired) electrons. The SMILES string of the molecule is Cc1cc(C#N)ccc1S(=O)(=O)N1CCN(C(=O)c2ccc(N3CCC3)nc2C)C(C)C1. The molecule has 2 aliphatic heterocycles. The van der Waals surface area contributed by atoms with Crippen molar-refractivity contribution in [2.75, 3.05) is 37.6 Å². The lowest BCUT2D eigenvalue weighted by Crippen LogP contribution is -2.55. The second-order valence-corrected chi connectivity index (χ2v) is 10.4. The molecular weight excluding hydrogens is 426 g/mol. The summed E-state index contributed by atoms with van der Waals surface area (Å²) in [4.78, 5) is 21.9. The van der Waals surface area contributed by atoms with Crippen molar-refractivity contribution in [1.82, 2.24) is 14.2 Å². The number of piperazine rings is 1. The Labute approximate surface area is 189 Å². The number of rotatable bonds is 4. The average molecular weight is 454 g/mol. The number of aromatic nitrogens is 1. The number of hydrogen-bond acceptors (Lipinski definition) is 6. The summed E-state index contributed by atoms with van der Waals surface area (Å²) in [5.41, 5.74) is 2.21. The second-order valence-electron chi connectivity index (χ2n) is 8.45. The summed E-state index contributed by atoms with van der Waals surface area (Å²) in [7, 11) is -3.72. The van der Waals surface area contributed by atoms with E-state index >= 15 is 0 Å². The summed E-state index contributed by atoms with van der Waals surface area (Å²) in [6.45, 7) is 8.12. The summed E-state index contributed by atoms with van der Waals surface area (Å²) < 4.78 is 27.9. The molecule has 2 fully saturated rings. The van der Waals surface area contributed by atoms with Crippen LogP contribution in [0.4, 0.5) is 5.82 Å². The molecule has 1 atom stereocenters. The monoisotopic (exact) mass is 453 g/mol. The van der Waals surface area contributed by atoms with Gasteiger partial charge in [-0.1, -0.05) is 0 Å². The first-order chi connectivity index (χ1) is 15.2. The molecule has 0 bridgehead atoms. The summed E-state index contributed by atoms with van der Waals surface area (Å²) in [6.07, 6.45) is 1.16. The third-order valence-corrected chi connectivity index (χ3v) is 8.28. The molecule has 0 spiro atoms. The highest BCUT2D eigenvalue weighted by molar-refractivity contribution is 7.89. The highest BCUT2D eigenvalue weighted by Crippen LogP contribution is 2.26. The Morgan fingerprint density at radius 3 is 2.44 bits per heavy atom. The maximum Gasteiger partial charge on any atom is 0.256 e. The molecule has 2 saturated heterocycles. The van der Waals surface area contributed by atoms with Gasteiger partial charge in [0.2, 0.25) is 10.0 Å². The second kappa shape index (κ2) is 8.52. The number of nitriles is 1. The quantitative estimate of drug-likeness (QED) is 0.705. The highest BCUT2D eigenvalue weighted by atomic mass is 32.2. The topological polar surface area (TPSA) is 97.6 Å². The van der Waals surface area contributed by atoms with Gasteiger partial charge in [-0.15, -0.1) is 0 Å². The fraction of sp³-hybridized carbons (Fsp3) is 0.435. The molecule has 3 heterocycles. The minimum Gasteiger partial charge on any atom is -0.356 e. The van der Waals surface area contributed by atoms with E-state index in [1.807, 2.05) is 32.0 Å². The molecule has 0 N–H and O–H groups in total. The van der Waals surface area contributed by atoms with Crippen molar-refractivity contribution in [3.63, 3.8) is 0 Å². The van der Waals surface area contributed by atoms with Crippen LogP contribution in [0.1, 0.15) is 40.5 Å². The van der Waals surface area contributed by atoms with Crippen molar-refractivity contribution < 1.29 is 13.2 Å². The Morgan fingerprint density at radius 2 is 1.88 bits per heavy atom. The normalized spacial score (nSPS) is 19.4. The van der Waals surface area contributed by atoms with Crippen LogP contribution < -0.4 is 4.90 Å². The standard InChI is InChI=1S/C23H27N5O3S/c1-16-13-19(14-24)5-7-21(16)32(30,31)27-11-12-28(17(2)15-27)23(29)20-6-8-22(25-18(20)3)26-9-4-10-26/h5-8,13,17H,4,9-12,15H2,1-3H3. The van der Waals surface area contributed by atoms with Crippen LogP contribution in [0.5, 0.6) is 0 Å². The lowest BCUT2D eigenvalue weighted by Gasteiger charge is -2.39. The van der Waals surface area contributed by atoms with Crippen molar-refractivity contribution in [2.45, 2.75) is 38.1 Å². The van der Waals surface area contributed by atoms with Crippen LogP contribution in [-0.4, -0.2) is 67.3 Å². The van der Waals surface area contributed by atoms with E-state index in [-0.39, 0.29) is 29.9 Å². The van der Waals surface area contributed by atoms with Crippen molar-refractivity contribution >= 4 is 21.7 Å². The number of sulfonamides is 1. The number of carbonyl (C=O) groups is 1. The first-order valence-corrected chi connectivity index (χ1v) is 12.2. The van der Waals surface area contributed by atoms with Gasteiger partial charge in [0.15, 0.2) is 0 Å². The van der Waals surface area contributed by atoms with E-state index in [2.05, 4.69) is 9.88 Å². The maximum absolute atomic E-state index is 13.2. The number of amides is 1. The zero-order valence-electron chi connectivity index (χ0n) is 18.6. The number of carbonyl (C=O) groups excluding carboxylic acids is 1. The average Bonchev–Trinajstić information content (AvgIpc) is 2.71. The van der Waals surface area contributed by atoms with E-state index in [0.29, 0.717) is 28.9 Å². The Bertz CT molecular complexity index is 1200. The minimum absolute atomic E-state index is 0.121. The molecular formula is C23H27N5O3S. The highest BCUT2D eigenvalue weighted by Gasteiger charge is 2.35. The zero-order valence-corrected chi connectivity index (χ0v) is 19.4. The summed E-state index contributed by atoms with van der Waals surface area (Å²) in [6, 6.07) is 10.0. The summed E-state index contributed by atoms with van der Waals surface area (Å²) in [5, 5.41) is 9.04. The van der Waals surface area contributed by atoms with Gasteiger partial charge in [-0.25, -0.2) is 13.4 Å². The van der Waals surface area contributed by atoms with Gasteiger partial charge >= 0.3 is 0 Å². The Balaban J connectivity index is 1.49. The summed E-state index contributed by atoms with van der Waals surface area (Å²) in [5.74, 6) is 0.774. The molecule has 4 rings (SSSR count). The maximum atomic E-state index is 13.2. The van der Waals surface area contributed by atoms with Crippen LogP contribution in [0.3, 0.4) is 0 Å². The van der Waals surface area contributed by atoms with Gasteiger partial charge in [-0.2, -0.15) is 9.57 Å². The number of hydrogen-bond donors (Lipinski definition) is 0. The fourth-order valence-corrected chi connectivity index (χ4v) is 5.96.